The number of benzene rings is 3. The van der Waals surface area contributed by atoms with Gasteiger partial charge >= 0.3 is 0 Å². The first-order valence-electron chi connectivity index (χ1n) is 9.68. The lowest BCUT2D eigenvalue weighted by atomic mass is 9.99. The van der Waals surface area contributed by atoms with Crippen LogP contribution in [0, 0.1) is 15.9 Å². The van der Waals surface area contributed by atoms with Crippen LogP contribution in [0.2, 0.25) is 0 Å². The minimum atomic E-state index is -0.553. The number of anilines is 2. The van der Waals surface area contributed by atoms with Crippen molar-refractivity contribution < 1.29 is 18.9 Å². The number of nitro benzene ring substituents is 1. The van der Waals surface area contributed by atoms with Crippen LogP contribution in [0.3, 0.4) is 0 Å². The predicted octanol–water partition coefficient (Wildman–Crippen LogP) is 4.58. The highest BCUT2D eigenvalue weighted by molar-refractivity contribution is 6.07. The number of nitrogens with one attached hydrogen (secondary N) is 1. The maximum Gasteiger partial charge on any atom is 0.270 e. The summed E-state index contributed by atoms with van der Waals surface area (Å²) in [5.41, 5.74) is 2.60. The van der Waals surface area contributed by atoms with E-state index in [-0.39, 0.29) is 17.2 Å². The van der Waals surface area contributed by atoms with Crippen molar-refractivity contribution in [2.24, 2.45) is 0 Å². The number of hydrogen-bond donors (Lipinski definition) is 1. The zero-order chi connectivity index (χ0) is 22.0. The summed E-state index contributed by atoms with van der Waals surface area (Å²) < 4.78 is 13.2. The maximum absolute atomic E-state index is 13.2. The van der Waals surface area contributed by atoms with Crippen molar-refractivity contribution in [1.82, 2.24) is 0 Å². The molecule has 1 aliphatic heterocycles. The van der Waals surface area contributed by atoms with Gasteiger partial charge in [-0.05, 0) is 66.9 Å². The first kappa shape index (κ1) is 20.2. The molecule has 31 heavy (non-hydrogen) atoms. The van der Waals surface area contributed by atoms with Gasteiger partial charge in [0.1, 0.15) is 5.82 Å². The number of nitrogens with zero attached hydrogens (tertiary/aromatic N) is 2. The first-order valence-corrected chi connectivity index (χ1v) is 9.68. The number of amides is 2. The van der Waals surface area contributed by atoms with E-state index in [9.17, 15) is 24.1 Å². The van der Waals surface area contributed by atoms with Crippen LogP contribution in [0.15, 0.2) is 66.7 Å². The molecule has 0 saturated heterocycles. The van der Waals surface area contributed by atoms with Crippen molar-refractivity contribution >= 4 is 28.9 Å². The Balaban J connectivity index is 1.55. The van der Waals surface area contributed by atoms with Crippen LogP contribution in [0.5, 0.6) is 0 Å². The van der Waals surface area contributed by atoms with E-state index >= 15 is 0 Å². The average Bonchev–Trinajstić information content (AvgIpc) is 2.78. The fourth-order valence-corrected chi connectivity index (χ4v) is 3.60. The van der Waals surface area contributed by atoms with Crippen LogP contribution in [0.4, 0.5) is 21.5 Å². The number of rotatable bonds is 4. The van der Waals surface area contributed by atoms with Gasteiger partial charge in [0.05, 0.1) is 4.92 Å². The van der Waals surface area contributed by atoms with Gasteiger partial charge in [-0.15, -0.1) is 0 Å². The summed E-state index contributed by atoms with van der Waals surface area (Å²) in [6, 6.07) is 16.2. The summed E-state index contributed by atoms with van der Waals surface area (Å²) in [5, 5.41) is 13.7. The molecular weight excluding hydrogens is 401 g/mol. The molecule has 0 spiro atoms. The van der Waals surface area contributed by atoms with Gasteiger partial charge in [-0.3, -0.25) is 19.7 Å². The zero-order valence-corrected chi connectivity index (χ0v) is 16.4. The molecule has 4 rings (SSSR count). The van der Waals surface area contributed by atoms with Gasteiger partial charge in [0.25, 0.3) is 17.5 Å². The van der Waals surface area contributed by atoms with Crippen molar-refractivity contribution in [3.63, 3.8) is 0 Å². The van der Waals surface area contributed by atoms with Gasteiger partial charge in [-0.25, -0.2) is 4.39 Å². The Kier molecular flexibility index (Phi) is 5.44. The van der Waals surface area contributed by atoms with Gasteiger partial charge < -0.3 is 10.2 Å². The minimum Gasteiger partial charge on any atom is -0.322 e. The summed E-state index contributed by atoms with van der Waals surface area (Å²) in [7, 11) is 0. The molecule has 0 bridgehead atoms. The molecule has 3 aromatic carbocycles. The molecular formula is C23H18FN3O4. The topological polar surface area (TPSA) is 92.6 Å². The van der Waals surface area contributed by atoms with E-state index in [2.05, 4.69) is 5.32 Å². The number of carbonyl (C=O) groups excluding carboxylic acids is 2. The fraction of sp³-hybridized carbons (Fsp3) is 0.130. The Labute approximate surface area is 177 Å². The van der Waals surface area contributed by atoms with Crippen LogP contribution >= 0.6 is 0 Å². The number of aryl methyl sites for hydroxylation is 1. The molecule has 2 amide bonds. The molecule has 0 aliphatic carbocycles. The van der Waals surface area contributed by atoms with Crippen molar-refractivity contribution in [2.45, 2.75) is 12.8 Å². The molecule has 0 fully saturated rings. The molecule has 0 aromatic heterocycles. The van der Waals surface area contributed by atoms with Crippen molar-refractivity contribution in [3.05, 3.63) is 99.4 Å². The first-order chi connectivity index (χ1) is 14.9. The zero-order valence-electron chi connectivity index (χ0n) is 16.4. The molecule has 3 aromatic rings. The fourth-order valence-electron chi connectivity index (χ4n) is 3.60. The van der Waals surface area contributed by atoms with Gasteiger partial charge in [0.2, 0.25) is 0 Å². The number of hydrogen-bond acceptors (Lipinski definition) is 4. The third kappa shape index (κ3) is 4.28. The van der Waals surface area contributed by atoms with E-state index in [0.29, 0.717) is 17.8 Å². The molecule has 156 valence electrons. The van der Waals surface area contributed by atoms with Crippen LogP contribution in [-0.2, 0) is 6.42 Å². The van der Waals surface area contributed by atoms with Crippen molar-refractivity contribution in [2.75, 3.05) is 16.8 Å². The maximum atomic E-state index is 13.2. The second-order valence-electron chi connectivity index (χ2n) is 7.17. The van der Waals surface area contributed by atoms with E-state index < -0.39 is 16.6 Å². The highest BCUT2D eigenvalue weighted by Crippen LogP contribution is 2.31. The monoisotopic (exact) mass is 419 g/mol. The summed E-state index contributed by atoms with van der Waals surface area (Å²) >= 11 is 0. The molecule has 1 aliphatic rings. The predicted molar refractivity (Wildman–Crippen MR) is 114 cm³/mol. The van der Waals surface area contributed by atoms with Gasteiger partial charge in [0, 0.05) is 41.2 Å². The van der Waals surface area contributed by atoms with Crippen LogP contribution < -0.4 is 10.2 Å². The number of nitro groups is 1. The molecule has 0 saturated carbocycles. The van der Waals surface area contributed by atoms with Gasteiger partial charge in [-0.2, -0.15) is 0 Å². The Bertz CT molecular complexity index is 1180. The summed E-state index contributed by atoms with van der Waals surface area (Å²) in [4.78, 5) is 37.4. The number of non-ortho nitro benzene ring substituents is 1. The Hall–Kier alpha value is -4.07. The van der Waals surface area contributed by atoms with Crippen molar-refractivity contribution in [3.8, 4) is 0 Å². The van der Waals surface area contributed by atoms with E-state index in [1.54, 1.807) is 23.1 Å². The largest absolute Gasteiger partial charge is 0.322 e. The Morgan fingerprint density at radius 1 is 1.00 bits per heavy atom. The summed E-state index contributed by atoms with van der Waals surface area (Å²) in [5.74, 6) is -1.08. The molecule has 0 radical (unpaired) electrons. The van der Waals surface area contributed by atoms with Gasteiger partial charge in [-0.1, -0.05) is 6.07 Å². The van der Waals surface area contributed by atoms with Crippen LogP contribution in [0.25, 0.3) is 0 Å². The minimum absolute atomic E-state index is 0.159. The highest BCUT2D eigenvalue weighted by Gasteiger charge is 2.24. The lowest BCUT2D eigenvalue weighted by molar-refractivity contribution is -0.384. The third-order valence-electron chi connectivity index (χ3n) is 5.11. The average molecular weight is 419 g/mol. The third-order valence-corrected chi connectivity index (χ3v) is 5.11. The second-order valence-corrected chi connectivity index (χ2v) is 7.17. The normalized spacial score (nSPS) is 12.7. The lowest BCUT2D eigenvalue weighted by Gasteiger charge is -2.30. The Morgan fingerprint density at radius 3 is 2.52 bits per heavy atom. The summed E-state index contributed by atoms with van der Waals surface area (Å²) in [6.45, 7) is 0.544. The number of fused-ring (bicyclic) bond motifs is 1. The summed E-state index contributed by atoms with van der Waals surface area (Å²) in [6.07, 6.45) is 1.49. The molecule has 0 unspecified atom stereocenters. The van der Waals surface area contributed by atoms with E-state index in [0.717, 1.165) is 24.1 Å². The van der Waals surface area contributed by atoms with Crippen molar-refractivity contribution in [1.29, 1.82) is 0 Å². The number of halogens is 1. The molecule has 1 heterocycles. The Morgan fingerprint density at radius 2 is 1.77 bits per heavy atom. The van der Waals surface area contributed by atoms with Crippen LogP contribution in [0.1, 0.15) is 32.7 Å². The SMILES string of the molecule is O=C(Nc1ccc2c(c1)CCCN2C(=O)c1ccc(F)cc1)c1cccc([N+](=O)[O-])c1. The lowest BCUT2D eigenvalue weighted by Crippen LogP contribution is -2.35. The highest BCUT2D eigenvalue weighted by atomic mass is 19.1. The molecule has 8 heteroatoms. The number of carbonyl (C=O) groups is 2. The van der Waals surface area contributed by atoms with Crippen LogP contribution in [-0.4, -0.2) is 23.3 Å². The standard InChI is InChI=1S/C23H18FN3O4/c24-18-8-6-15(7-9-18)23(29)26-12-2-4-16-13-19(10-11-21(16)26)25-22(28)17-3-1-5-20(14-17)27(30)31/h1,3,5-11,13-14H,2,4,12H2,(H,25,28). The molecule has 0 atom stereocenters. The quantitative estimate of drug-likeness (QED) is 0.495. The molecule has 7 nitrogen and oxygen atoms in total. The van der Waals surface area contributed by atoms with Gasteiger partial charge in [0.15, 0.2) is 0 Å². The second kappa shape index (κ2) is 8.35. The van der Waals surface area contributed by atoms with E-state index in [4.69, 9.17) is 0 Å². The molecule has 1 N–H and O–H groups in total. The smallest absolute Gasteiger partial charge is 0.270 e. The van der Waals surface area contributed by atoms with E-state index in [1.165, 1.54) is 48.5 Å². The van der Waals surface area contributed by atoms with E-state index in [1.807, 2.05) is 0 Å².